The first-order valence-electron chi connectivity index (χ1n) is 8.65. The van der Waals surface area contributed by atoms with Crippen LogP contribution in [0.2, 0.25) is 0 Å². The summed E-state index contributed by atoms with van der Waals surface area (Å²) in [5.41, 5.74) is 1.22. The molecule has 1 aromatic carbocycles. The molecule has 0 heterocycles. The zero-order chi connectivity index (χ0) is 16.9. The first-order chi connectivity index (χ1) is 11.2. The molecule has 0 aromatic heterocycles. The van der Waals surface area contributed by atoms with Crippen molar-refractivity contribution in [2.24, 2.45) is 4.99 Å². The molecule has 1 rings (SSSR count). The highest BCUT2D eigenvalue weighted by molar-refractivity contribution is 14.0. The van der Waals surface area contributed by atoms with Crippen LogP contribution < -0.4 is 20.1 Å². The molecule has 0 spiro atoms. The van der Waals surface area contributed by atoms with Crippen molar-refractivity contribution < 1.29 is 9.47 Å². The predicted molar refractivity (Wildman–Crippen MR) is 112 cm³/mol. The van der Waals surface area contributed by atoms with Crippen molar-refractivity contribution in [1.29, 1.82) is 0 Å². The molecule has 5 nitrogen and oxygen atoms in total. The fraction of sp³-hybridized carbons (Fsp3) is 0.611. The zero-order valence-corrected chi connectivity index (χ0v) is 17.7. The molecule has 0 fully saturated rings. The van der Waals surface area contributed by atoms with Crippen molar-refractivity contribution in [3.63, 3.8) is 0 Å². The third-order valence-electron chi connectivity index (χ3n) is 3.15. The minimum atomic E-state index is 0. The Hall–Kier alpha value is -1.18. The van der Waals surface area contributed by atoms with Crippen molar-refractivity contribution >= 4 is 29.9 Å². The van der Waals surface area contributed by atoms with E-state index in [1.165, 1.54) is 5.56 Å². The van der Waals surface area contributed by atoms with Crippen LogP contribution in [-0.4, -0.2) is 38.8 Å². The van der Waals surface area contributed by atoms with Gasteiger partial charge in [-0.1, -0.05) is 13.0 Å². The first-order valence-corrected chi connectivity index (χ1v) is 8.65. The van der Waals surface area contributed by atoms with Gasteiger partial charge >= 0.3 is 0 Å². The largest absolute Gasteiger partial charge is 0.490 e. The second kappa shape index (κ2) is 14.2. The molecule has 0 aliphatic carbocycles. The van der Waals surface area contributed by atoms with Gasteiger partial charge in [0.05, 0.1) is 13.2 Å². The van der Waals surface area contributed by atoms with Crippen LogP contribution in [0.15, 0.2) is 23.2 Å². The van der Waals surface area contributed by atoms with Gasteiger partial charge in [-0.25, -0.2) is 0 Å². The van der Waals surface area contributed by atoms with E-state index in [-0.39, 0.29) is 24.0 Å². The molecule has 0 aliphatic rings. The third-order valence-corrected chi connectivity index (χ3v) is 3.15. The lowest BCUT2D eigenvalue weighted by atomic mass is 10.1. The Kier molecular flexibility index (Phi) is 13.5. The lowest BCUT2D eigenvalue weighted by Crippen LogP contribution is -2.38. The molecule has 0 radical (unpaired) electrons. The van der Waals surface area contributed by atoms with Crippen LogP contribution in [0.4, 0.5) is 0 Å². The lowest BCUT2D eigenvalue weighted by Gasteiger charge is -2.14. The third kappa shape index (κ3) is 8.61. The van der Waals surface area contributed by atoms with Crippen molar-refractivity contribution in [2.45, 2.75) is 40.5 Å². The summed E-state index contributed by atoms with van der Waals surface area (Å²) < 4.78 is 11.3. The number of guanidine groups is 1. The van der Waals surface area contributed by atoms with Crippen molar-refractivity contribution in [3.05, 3.63) is 23.8 Å². The van der Waals surface area contributed by atoms with Crippen molar-refractivity contribution in [2.75, 3.05) is 32.8 Å². The van der Waals surface area contributed by atoms with Gasteiger partial charge < -0.3 is 20.1 Å². The predicted octanol–water partition coefficient (Wildman–Crippen LogP) is 3.61. The summed E-state index contributed by atoms with van der Waals surface area (Å²) in [6.07, 6.45) is 1.95. The summed E-state index contributed by atoms with van der Waals surface area (Å²) in [6.45, 7) is 12.0. The second-order valence-electron chi connectivity index (χ2n) is 5.08. The molecule has 24 heavy (non-hydrogen) atoms. The summed E-state index contributed by atoms with van der Waals surface area (Å²) in [4.78, 5) is 4.50. The molecule has 0 atom stereocenters. The molecule has 0 bridgehead atoms. The molecular formula is C18H32IN3O2. The second-order valence-corrected chi connectivity index (χ2v) is 5.08. The Labute approximate surface area is 163 Å². The van der Waals surface area contributed by atoms with Crippen LogP contribution in [0.1, 0.15) is 39.7 Å². The topological polar surface area (TPSA) is 54.9 Å². The fourth-order valence-electron chi connectivity index (χ4n) is 2.14. The summed E-state index contributed by atoms with van der Waals surface area (Å²) in [5, 5.41) is 6.62. The van der Waals surface area contributed by atoms with E-state index in [1.54, 1.807) is 0 Å². The van der Waals surface area contributed by atoms with Crippen molar-refractivity contribution in [3.8, 4) is 11.5 Å². The highest BCUT2D eigenvalue weighted by atomic mass is 127. The molecule has 0 amide bonds. The quantitative estimate of drug-likeness (QED) is 0.326. The van der Waals surface area contributed by atoms with E-state index in [9.17, 15) is 0 Å². The van der Waals surface area contributed by atoms with E-state index in [4.69, 9.17) is 9.47 Å². The Morgan fingerprint density at radius 2 is 1.71 bits per heavy atom. The SMILES string of the molecule is CCCN=C(NCC)NCCc1ccc(OCC)c(OCC)c1.I. The molecule has 0 saturated carbocycles. The lowest BCUT2D eigenvalue weighted by molar-refractivity contribution is 0.287. The van der Waals surface area contributed by atoms with Gasteiger partial charge in [0.25, 0.3) is 0 Å². The molecule has 1 aromatic rings. The highest BCUT2D eigenvalue weighted by Crippen LogP contribution is 2.28. The molecular weight excluding hydrogens is 417 g/mol. The van der Waals surface area contributed by atoms with Gasteiger partial charge in [-0.3, -0.25) is 4.99 Å². The monoisotopic (exact) mass is 449 g/mol. The molecule has 2 N–H and O–H groups in total. The van der Waals surface area contributed by atoms with E-state index in [1.807, 2.05) is 19.9 Å². The Balaban J connectivity index is 0.00000529. The van der Waals surface area contributed by atoms with Crippen LogP contribution in [0.25, 0.3) is 0 Å². The van der Waals surface area contributed by atoms with Crippen LogP contribution in [0.3, 0.4) is 0 Å². The van der Waals surface area contributed by atoms with Crippen LogP contribution in [0.5, 0.6) is 11.5 Å². The zero-order valence-electron chi connectivity index (χ0n) is 15.4. The number of benzene rings is 1. The van der Waals surface area contributed by atoms with Gasteiger partial charge in [-0.15, -0.1) is 24.0 Å². The van der Waals surface area contributed by atoms with Crippen LogP contribution in [-0.2, 0) is 6.42 Å². The smallest absolute Gasteiger partial charge is 0.191 e. The summed E-state index contributed by atoms with van der Waals surface area (Å²) in [7, 11) is 0. The number of ether oxygens (including phenoxy) is 2. The van der Waals surface area contributed by atoms with Gasteiger partial charge in [0.15, 0.2) is 17.5 Å². The summed E-state index contributed by atoms with van der Waals surface area (Å²) in [6, 6.07) is 6.14. The van der Waals surface area contributed by atoms with E-state index in [0.717, 1.165) is 49.9 Å². The van der Waals surface area contributed by atoms with Gasteiger partial charge in [0.1, 0.15) is 0 Å². The standard InChI is InChI=1S/C18H31N3O2.HI/c1-5-12-20-18(19-6-2)21-13-11-15-9-10-16(22-7-3)17(14-15)23-8-4;/h9-10,14H,5-8,11-13H2,1-4H3,(H2,19,20,21);1H. The fourth-order valence-corrected chi connectivity index (χ4v) is 2.14. The van der Waals surface area contributed by atoms with Gasteiger partial charge in [-0.05, 0) is 51.3 Å². The van der Waals surface area contributed by atoms with Gasteiger partial charge in [0, 0.05) is 19.6 Å². The molecule has 6 heteroatoms. The highest BCUT2D eigenvalue weighted by Gasteiger charge is 2.06. The summed E-state index contributed by atoms with van der Waals surface area (Å²) in [5.74, 6) is 2.51. The Morgan fingerprint density at radius 3 is 2.33 bits per heavy atom. The van der Waals surface area contributed by atoms with E-state index in [0.29, 0.717) is 13.2 Å². The number of rotatable bonds is 10. The van der Waals surface area contributed by atoms with Gasteiger partial charge in [-0.2, -0.15) is 0 Å². The average Bonchev–Trinajstić information content (AvgIpc) is 2.55. The van der Waals surface area contributed by atoms with Crippen LogP contribution in [0, 0.1) is 0 Å². The maximum absolute atomic E-state index is 5.67. The van der Waals surface area contributed by atoms with E-state index in [2.05, 4.69) is 41.6 Å². The number of aliphatic imine (C=N–C) groups is 1. The van der Waals surface area contributed by atoms with E-state index < -0.39 is 0 Å². The summed E-state index contributed by atoms with van der Waals surface area (Å²) >= 11 is 0. The number of hydrogen-bond acceptors (Lipinski definition) is 3. The molecule has 138 valence electrons. The Bertz CT molecular complexity index is 481. The number of nitrogens with one attached hydrogen (secondary N) is 2. The molecule has 0 saturated heterocycles. The van der Waals surface area contributed by atoms with Crippen molar-refractivity contribution in [1.82, 2.24) is 10.6 Å². The Morgan fingerprint density at radius 1 is 1.00 bits per heavy atom. The molecule has 0 aliphatic heterocycles. The van der Waals surface area contributed by atoms with Crippen LogP contribution >= 0.6 is 24.0 Å². The number of halogens is 1. The first kappa shape index (κ1) is 22.8. The minimum Gasteiger partial charge on any atom is -0.490 e. The van der Waals surface area contributed by atoms with Gasteiger partial charge in [0.2, 0.25) is 0 Å². The number of hydrogen-bond donors (Lipinski definition) is 2. The number of nitrogens with zero attached hydrogens (tertiary/aromatic N) is 1. The minimum absolute atomic E-state index is 0. The maximum atomic E-state index is 5.67. The normalized spacial score (nSPS) is 10.8. The molecule has 0 unspecified atom stereocenters. The maximum Gasteiger partial charge on any atom is 0.191 e. The average molecular weight is 449 g/mol. The van der Waals surface area contributed by atoms with E-state index >= 15 is 0 Å².